The number of imidazole rings is 1. The summed E-state index contributed by atoms with van der Waals surface area (Å²) in [6.45, 7) is 0.0334. The highest BCUT2D eigenvalue weighted by atomic mass is 16.4. The van der Waals surface area contributed by atoms with E-state index in [-0.39, 0.29) is 38.2 Å². The third kappa shape index (κ3) is 18.6. The number of aliphatic carboxylic acids is 4. The van der Waals surface area contributed by atoms with Crippen molar-refractivity contribution < 1.29 is 63.6 Å². The number of aliphatic imine (C=N–C) groups is 1. The fraction of sp³-hybridized carbons (Fsp3) is 0.457. The van der Waals surface area contributed by atoms with E-state index in [1.54, 1.807) is 30.3 Å². The van der Waals surface area contributed by atoms with Crippen LogP contribution in [-0.4, -0.2) is 133 Å². The number of amides is 5. The van der Waals surface area contributed by atoms with Crippen LogP contribution in [0.3, 0.4) is 0 Å². The molecule has 16 N–H and O–H groups in total. The molecule has 2 rings (SSSR count). The Morgan fingerprint density at radius 2 is 1.15 bits per heavy atom. The average molecular weight is 832 g/mol. The topological polar surface area (TPSA) is 414 Å². The minimum atomic E-state index is -1.80. The number of guanidine groups is 1. The van der Waals surface area contributed by atoms with Gasteiger partial charge >= 0.3 is 23.9 Å². The zero-order valence-corrected chi connectivity index (χ0v) is 31.7. The van der Waals surface area contributed by atoms with Crippen LogP contribution in [0.2, 0.25) is 0 Å². The molecule has 0 fully saturated rings. The SMILES string of the molecule is NC(N)=NCCCC(NC(=O)C(CCC(=O)O)NC(=O)C(Cc1ccccc1)NC(=O)C(CCC(=O)O)NC(=O)C(CC(=O)O)NC(=O)C(N)Cc1cnc[nH]1)C(=O)O. The van der Waals surface area contributed by atoms with Gasteiger partial charge in [-0.25, -0.2) is 9.78 Å². The van der Waals surface area contributed by atoms with Crippen LogP contribution >= 0.6 is 0 Å². The molecule has 1 heterocycles. The maximum atomic E-state index is 13.9. The number of H-pyrrole nitrogens is 1. The molecule has 1 aromatic carbocycles. The number of nitrogens with zero attached hydrogens (tertiary/aromatic N) is 2. The van der Waals surface area contributed by atoms with E-state index in [4.69, 9.17) is 17.2 Å². The Kier molecular flexibility index (Phi) is 20.0. The average Bonchev–Trinajstić information content (AvgIpc) is 3.68. The van der Waals surface area contributed by atoms with Crippen LogP contribution < -0.4 is 43.8 Å². The van der Waals surface area contributed by atoms with Gasteiger partial charge in [0.15, 0.2) is 5.96 Å². The molecule has 6 atom stereocenters. The molecule has 0 bridgehead atoms. The largest absolute Gasteiger partial charge is 0.481 e. The summed E-state index contributed by atoms with van der Waals surface area (Å²) in [7, 11) is 0. The smallest absolute Gasteiger partial charge is 0.326 e. The molecule has 0 aliphatic heterocycles. The van der Waals surface area contributed by atoms with Crippen molar-refractivity contribution in [2.45, 2.75) is 94.0 Å². The molecule has 0 saturated carbocycles. The van der Waals surface area contributed by atoms with Gasteiger partial charge in [-0.15, -0.1) is 0 Å². The van der Waals surface area contributed by atoms with Crippen molar-refractivity contribution in [1.29, 1.82) is 0 Å². The van der Waals surface area contributed by atoms with Crippen molar-refractivity contribution in [2.24, 2.45) is 22.2 Å². The van der Waals surface area contributed by atoms with Crippen molar-refractivity contribution in [2.75, 3.05) is 6.54 Å². The van der Waals surface area contributed by atoms with E-state index in [2.05, 4.69) is 41.5 Å². The molecule has 24 nitrogen and oxygen atoms in total. The van der Waals surface area contributed by atoms with Gasteiger partial charge in [0.05, 0.1) is 18.8 Å². The molecule has 5 amide bonds. The van der Waals surface area contributed by atoms with Crippen LogP contribution in [0.15, 0.2) is 47.8 Å². The fourth-order valence-electron chi connectivity index (χ4n) is 5.37. The van der Waals surface area contributed by atoms with Crippen LogP contribution in [0.4, 0.5) is 0 Å². The van der Waals surface area contributed by atoms with Crippen LogP contribution in [0.1, 0.15) is 56.2 Å². The Labute approximate surface area is 336 Å². The van der Waals surface area contributed by atoms with Gasteiger partial charge in [0.25, 0.3) is 0 Å². The summed E-state index contributed by atoms with van der Waals surface area (Å²) < 4.78 is 0. The fourth-order valence-corrected chi connectivity index (χ4v) is 5.37. The van der Waals surface area contributed by atoms with Crippen molar-refractivity contribution in [1.82, 2.24) is 36.6 Å². The lowest BCUT2D eigenvalue weighted by atomic mass is 10.0. The number of carbonyl (C=O) groups excluding carboxylic acids is 5. The Hall–Kier alpha value is -7.11. The standard InChI is InChI=1S/C35H49N11O13/c36-20(14-19-16-39-17-41-19)29(53)45-25(15-28(51)52)33(57)43-22(9-11-27(49)50)31(55)46-24(13-18-5-2-1-3-6-18)32(56)42-21(8-10-26(47)48)30(54)44-23(34(58)59)7-4-12-40-35(37)38/h1-3,5-6,16-17,20-25H,4,7-15,36H2,(H,39,41)(H,42,56)(H,43,57)(H,44,54)(H,45,53)(H,46,55)(H,47,48)(H,49,50)(H,51,52)(H,58,59)(H4,37,38,40). The van der Waals surface area contributed by atoms with Crippen molar-refractivity contribution in [3.63, 3.8) is 0 Å². The second kappa shape index (κ2) is 24.5. The molecule has 1 aromatic heterocycles. The third-order valence-corrected chi connectivity index (χ3v) is 8.38. The van der Waals surface area contributed by atoms with Gasteiger partial charge in [-0.2, -0.15) is 0 Å². The van der Waals surface area contributed by atoms with Gasteiger partial charge in [0, 0.05) is 44.1 Å². The van der Waals surface area contributed by atoms with E-state index in [1.807, 2.05) is 0 Å². The zero-order valence-electron chi connectivity index (χ0n) is 31.7. The number of nitrogens with one attached hydrogen (secondary N) is 6. The lowest BCUT2D eigenvalue weighted by Crippen LogP contribution is -2.60. The van der Waals surface area contributed by atoms with Gasteiger partial charge in [-0.3, -0.25) is 43.3 Å². The summed E-state index contributed by atoms with van der Waals surface area (Å²) in [5.41, 5.74) is 17.4. The molecule has 59 heavy (non-hydrogen) atoms. The highest BCUT2D eigenvalue weighted by Crippen LogP contribution is 2.09. The van der Waals surface area contributed by atoms with Gasteiger partial charge in [0.1, 0.15) is 30.2 Å². The highest BCUT2D eigenvalue weighted by molar-refractivity contribution is 5.97. The number of carboxylic acids is 4. The van der Waals surface area contributed by atoms with Crippen molar-refractivity contribution >= 4 is 59.4 Å². The van der Waals surface area contributed by atoms with E-state index in [1.165, 1.54) is 12.5 Å². The van der Waals surface area contributed by atoms with Crippen molar-refractivity contribution in [3.05, 3.63) is 54.1 Å². The minimum Gasteiger partial charge on any atom is -0.481 e. The third-order valence-electron chi connectivity index (χ3n) is 8.38. The molecule has 0 spiro atoms. The quantitative estimate of drug-likeness (QED) is 0.0234. The first-order valence-corrected chi connectivity index (χ1v) is 18.1. The Morgan fingerprint density at radius 3 is 1.64 bits per heavy atom. The lowest BCUT2D eigenvalue weighted by Gasteiger charge is -2.27. The molecule has 0 aliphatic carbocycles. The van der Waals surface area contributed by atoms with Crippen LogP contribution in [0.25, 0.3) is 0 Å². The number of benzene rings is 1. The summed E-state index contributed by atoms with van der Waals surface area (Å²) in [6, 6.07) is -1.48. The number of carbonyl (C=O) groups is 9. The molecule has 0 radical (unpaired) electrons. The Bertz CT molecular complexity index is 1800. The summed E-state index contributed by atoms with van der Waals surface area (Å²) in [6.07, 6.45) is -1.05. The van der Waals surface area contributed by atoms with E-state index in [0.717, 1.165) is 0 Å². The van der Waals surface area contributed by atoms with Gasteiger partial charge in [-0.05, 0) is 31.2 Å². The summed E-state index contributed by atoms with van der Waals surface area (Å²) >= 11 is 0. The number of hydrogen-bond donors (Lipinski definition) is 13. The summed E-state index contributed by atoms with van der Waals surface area (Å²) in [5, 5.41) is 49.3. The minimum absolute atomic E-state index is 0.0334. The molecular formula is C35H49N11O13. The maximum absolute atomic E-state index is 13.9. The first kappa shape index (κ1) is 48.0. The molecule has 322 valence electrons. The predicted molar refractivity (Wildman–Crippen MR) is 204 cm³/mol. The van der Waals surface area contributed by atoms with E-state index in [9.17, 15) is 63.6 Å². The first-order chi connectivity index (χ1) is 27.9. The van der Waals surface area contributed by atoms with E-state index in [0.29, 0.717) is 11.3 Å². The van der Waals surface area contributed by atoms with Gasteiger partial charge < -0.3 is 69.2 Å². The molecule has 2 aromatic rings. The van der Waals surface area contributed by atoms with Crippen molar-refractivity contribution in [3.8, 4) is 0 Å². The van der Waals surface area contributed by atoms with Crippen LogP contribution in [0, 0.1) is 0 Å². The van der Waals surface area contributed by atoms with E-state index < -0.39 is 122 Å². The molecule has 0 saturated heterocycles. The van der Waals surface area contributed by atoms with Crippen LogP contribution in [-0.2, 0) is 56.0 Å². The highest BCUT2D eigenvalue weighted by Gasteiger charge is 2.34. The molecule has 6 unspecified atom stereocenters. The summed E-state index contributed by atoms with van der Waals surface area (Å²) in [5.74, 6) is -11.4. The second-order valence-electron chi connectivity index (χ2n) is 13.1. The predicted octanol–water partition coefficient (Wildman–Crippen LogP) is -3.71. The number of aromatic amines is 1. The first-order valence-electron chi connectivity index (χ1n) is 18.1. The van der Waals surface area contributed by atoms with Gasteiger partial charge in [0.2, 0.25) is 29.5 Å². The monoisotopic (exact) mass is 831 g/mol. The Balaban J connectivity index is 2.37. The number of aromatic nitrogens is 2. The Morgan fingerprint density at radius 1 is 0.644 bits per heavy atom. The van der Waals surface area contributed by atoms with Gasteiger partial charge in [-0.1, -0.05) is 30.3 Å². The van der Waals surface area contributed by atoms with Crippen LogP contribution in [0.5, 0.6) is 0 Å². The number of nitrogens with two attached hydrogens (primary N) is 3. The second-order valence-corrected chi connectivity index (χ2v) is 13.1. The normalized spacial score (nSPS) is 13.8. The maximum Gasteiger partial charge on any atom is 0.326 e. The molecular weight excluding hydrogens is 782 g/mol. The summed E-state index contributed by atoms with van der Waals surface area (Å²) in [4.78, 5) is 124. The molecule has 0 aliphatic rings. The number of hydrogen-bond acceptors (Lipinski definition) is 12. The number of rotatable bonds is 27. The lowest BCUT2D eigenvalue weighted by molar-refractivity contribution is -0.143. The zero-order chi connectivity index (χ0) is 44.1. The number of carboxylic acid groups (broad SMARTS) is 4. The molecule has 24 heteroatoms. The van der Waals surface area contributed by atoms with E-state index >= 15 is 0 Å².